The molecule has 0 aromatic rings. The Bertz CT molecular complexity index is 304. The maximum atomic E-state index is 4.00. The molecule has 0 radical (unpaired) electrons. The van der Waals surface area contributed by atoms with Gasteiger partial charge in [-0.15, -0.1) is 0 Å². The van der Waals surface area contributed by atoms with Gasteiger partial charge in [-0.3, -0.25) is 5.43 Å². The first kappa shape index (κ1) is 15.8. The SMILES string of the molecule is CC1CCCC(C)N1NC1CCCCC1C1CCCCN1. The van der Waals surface area contributed by atoms with Gasteiger partial charge in [-0.05, 0) is 64.8 Å². The van der Waals surface area contributed by atoms with Gasteiger partial charge in [-0.2, -0.15) is 0 Å². The fraction of sp³-hybridized carbons (Fsp3) is 1.00. The Hall–Kier alpha value is -0.120. The van der Waals surface area contributed by atoms with Gasteiger partial charge in [0, 0.05) is 24.2 Å². The van der Waals surface area contributed by atoms with Crippen molar-refractivity contribution in [2.75, 3.05) is 6.54 Å². The second-order valence-corrected chi connectivity index (χ2v) is 7.78. The molecule has 3 fully saturated rings. The summed E-state index contributed by atoms with van der Waals surface area (Å²) in [4.78, 5) is 0. The largest absolute Gasteiger partial charge is 0.314 e. The lowest BCUT2D eigenvalue weighted by atomic mass is 9.77. The Kier molecular flexibility index (Phi) is 5.58. The lowest BCUT2D eigenvalue weighted by molar-refractivity contribution is 0.00347. The van der Waals surface area contributed by atoms with E-state index in [-0.39, 0.29) is 0 Å². The van der Waals surface area contributed by atoms with Crippen molar-refractivity contribution in [3.63, 3.8) is 0 Å². The molecule has 5 unspecified atom stereocenters. The molecule has 21 heavy (non-hydrogen) atoms. The van der Waals surface area contributed by atoms with Crippen LogP contribution in [0.1, 0.15) is 78.1 Å². The van der Waals surface area contributed by atoms with Gasteiger partial charge in [0.1, 0.15) is 0 Å². The summed E-state index contributed by atoms with van der Waals surface area (Å²) in [5.74, 6) is 0.848. The highest BCUT2D eigenvalue weighted by atomic mass is 15.5. The molecule has 0 spiro atoms. The second kappa shape index (κ2) is 7.43. The van der Waals surface area contributed by atoms with Crippen LogP contribution in [0, 0.1) is 5.92 Å². The molecule has 0 bridgehead atoms. The zero-order valence-electron chi connectivity index (χ0n) is 14.1. The molecule has 3 rings (SSSR count). The van der Waals surface area contributed by atoms with Crippen LogP contribution in [0.15, 0.2) is 0 Å². The number of nitrogens with one attached hydrogen (secondary N) is 2. The number of piperidine rings is 2. The minimum atomic E-state index is 0.704. The molecule has 3 heteroatoms. The van der Waals surface area contributed by atoms with E-state index in [0.29, 0.717) is 18.1 Å². The van der Waals surface area contributed by atoms with Crippen LogP contribution in [-0.4, -0.2) is 35.7 Å². The van der Waals surface area contributed by atoms with Crippen LogP contribution in [0.25, 0.3) is 0 Å². The lowest BCUT2D eigenvalue weighted by Gasteiger charge is -2.46. The van der Waals surface area contributed by atoms with Crippen molar-refractivity contribution in [3.05, 3.63) is 0 Å². The van der Waals surface area contributed by atoms with Gasteiger partial charge in [-0.1, -0.05) is 25.7 Å². The minimum absolute atomic E-state index is 0.704. The van der Waals surface area contributed by atoms with Gasteiger partial charge in [-0.25, -0.2) is 5.01 Å². The molecule has 0 aromatic carbocycles. The van der Waals surface area contributed by atoms with E-state index in [1.54, 1.807) is 0 Å². The number of hydrogen-bond donors (Lipinski definition) is 2. The van der Waals surface area contributed by atoms with Crippen molar-refractivity contribution >= 4 is 0 Å². The first-order valence-electron chi connectivity index (χ1n) is 9.53. The third kappa shape index (κ3) is 3.80. The fourth-order valence-electron chi connectivity index (χ4n) is 4.91. The molecule has 2 heterocycles. The lowest BCUT2D eigenvalue weighted by Crippen LogP contribution is -2.60. The number of hydrazine groups is 1. The summed E-state index contributed by atoms with van der Waals surface area (Å²) in [6, 6.07) is 2.88. The average Bonchev–Trinajstić information content (AvgIpc) is 2.52. The third-order valence-corrected chi connectivity index (χ3v) is 6.19. The summed E-state index contributed by atoms with van der Waals surface area (Å²) in [6.45, 7) is 6.04. The average molecular weight is 293 g/mol. The van der Waals surface area contributed by atoms with Crippen LogP contribution >= 0.6 is 0 Å². The van der Waals surface area contributed by atoms with E-state index >= 15 is 0 Å². The molecule has 3 nitrogen and oxygen atoms in total. The highest BCUT2D eigenvalue weighted by molar-refractivity contribution is 4.91. The Morgan fingerprint density at radius 2 is 1.52 bits per heavy atom. The standard InChI is InChI=1S/C18H35N3/c1-14-8-7-9-15(2)21(14)20-18-12-4-3-10-16(18)17-11-5-6-13-19-17/h14-20H,3-13H2,1-2H3. The van der Waals surface area contributed by atoms with Crippen LogP contribution in [-0.2, 0) is 0 Å². The second-order valence-electron chi connectivity index (χ2n) is 7.78. The van der Waals surface area contributed by atoms with Crippen molar-refractivity contribution in [1.82, 2.24) is 15.8 Å². The third-order valence-electron chi connectivity index (χ3n) is 6.19. The quantitative estimate of drug-likeness (QED) is 0.834. The maximum Gasteiger partial charge on any atom is 0.0258 e. The molecular formula is C18H35N3. The fourth-order valence-corrected chi connectivity index (χ4v) is 4.91. The predicted molar refractivity (Wildman–Crippen MR) is 89.1 cm³/mol. The normalized spacial score (nSPS) is 42.9. The summed E-state index contributed by atoms with van der Waals surface area (Å²) in [6.07, 6.45) is 14.0. The highest BCUT2D eigenvalue weighted by Gasteiger charge is 2.35. The molecule has 0 aromatic heterocycles. The van der Waals surface area contributed by atoms with E-state index < -0.39 is 0 Å². The number of nitrogens with zero attached hydrogens (tertiary/aromatic N) is 1. The molecule has 1 aliphatic carbocycles. The summed E-state index contributed by atoms with van der Waals surface area (Å²) < 4.78 is 0. The molecule has 3 aliphatic rings. The van der Waals surface area contributed by atoms with Crippen LogP contribution in [0.3, 0.4) is 0 Å². The smallest absolute Gasteiger partial charge is 0.0258 e. The minimum Gasteiger partial charge on any atom is -0.314 e. The molecule has 122 valence electrons. The first-order chi connectivity index (χ1) is 10.3. The highest BCUT2D eigenvalue weighted by Crippen LogP contribution is 2.32. The van der Waals surface area contributed by atoms with E-state index in [1.165, 1.54) is 70.8 Å². The van der Waals surface area contributed by atoms with Gasteiger partial charge in [0.15, 0.2) is 0 Å². The van der Waals surface area contributed by atoms with E-state index in [0.717, 1.165) is 12.0 Å². The Balaban J connectivity index is 1.63. The summed E-state index contributed by atoms with van der Waals surface area (Å²) in [5.41, 5.74) is 4.00. The summed E-state index contributed by atoms with van der Waals surface area (Å²) in [7, 11) is 0. The molecule has 0 amide bonds. The molecule has 2 aliphatic heterocycles. The van der Waals surface area contributed by atoms with Crippen LogP contribution in [0.4, 0.5) is 0 Å². The van der Waals surface area contributed by atoms with Crippen molar-refractivity contribution in [3.8, 4) is 0 Å². The van der Waals surface area contributed by atoms with Crippen molar-refractivity contribution in [1.29, 1.82) is 0 Å². The summed E-state index contributed by atoms with van der Waals surface area (Å²) >= 11 is 0. The van der Waals surface area contributed by atoms with E-state index in [9.17, 15) is 0 Å². The van der Waals surface area contributed by atoms with Crippen molar-refractivity contribution in [2.24, 2.45) is 5.92 Å². The first-order valence-corrected chi connectivity index (χ1v) is 9.53. The van der Waals surface area contributed by atoms with E-state index in [2.05, 4.69) is 29.6 Å². The van der Waals surface area contributed by atoms with Crippen molar-refractivity contribution < 1.29 is 0 Å². The molecule has 5 atom stereocenters. The number of rotatable bonds is 3. The van der Waals surface area contributed by atoms with Gasteiger partial charge < -0.3 is 5.32 Å². The Morgan fingerprint density at radius 1 is 0.810 bits per heavy atom. The van der Waals surface area contributed by atoms with Crippen molar-refractivity contribution in [2.45, 2.75) is 102 Å². The monoisotopic (exact) mass is 293 g/mol. The Labute approximate surface area is 131 Å². The van der Waals surface area contributed by atoms with Crippen LogP contribution in [0.2, 0.25) is 0 Å². The maximum absolute atomic E-state index is 4.00. The molecular weight excluding hydrogens is 258 g/mol. The van der Waals surface area contributed by atoms with Gasteiger partial charge in [0.2, 0.25) is 0 Å². The molecule has 1 saturated carbocycles. The van der Waals surface area contributed by atoms with Gasteiger partial charge in [0.05, 0.1) is 0 Å². The van der Waals surface area contributed by atoms with E-state index in [4.69, 9.17) is 0 Å². The van der Waals surface area contributed by atoms with E-state index in [1.807, 2.05) is 0 Å². The zero-order valence-corrected chi connectivity index (χ0v) is 14.1. The van der Waals surface area contributed by atoms with Crippen LogP contribution in [0.5, 0.6) is 0 Å². The predicted octanol–water partition coefficient (Wildman–Crippen LogP) is 3.45. The Morgan fingerprint density at radius 3 is 2.24 bits per heavy atom. The summed E-state index contributed by atoms with van der Waals surface area (Å²) in [5, 5.41) is 6.43. The molecule has 2 N–H and O–H groups in total. The topological polar surface area (TPSA) is 27.3 Å². The molecule has 2 saturated heterocycles. The zero-order chi connectivity index (χ0) is 14.7. The van der Waals surface area contributed by atoms with Gasteiger partial charge >= 0.3 is 0 Å². The number of hydrogen-bond acceptors (Lipinski definition) is 3. The van der Waals surface area contributed by atoms with Crippen LogP contribution < -0.4 is 10.7 Å². The van der Waals surface area contributed by atoms with Gasteiger partial charge in [0.25, 0.3) is 0 Å².